The number of hydrogen-bond acceptors (Lipinski definition) is 4. The normalized spacial score (nSPS) is 41.2. The van der Waals surface area contributed by atoms with Gasteiger partial charge < -0.3 is 5.32 Å². The fraction of sp³-hybridized carbons (Fsp3) is 0.950. The van der Waals surface area contributed by atoms with Crippen molar-refractivity contribution >= 4 is 0 Å². The maximum atomic E-state index is 15.5. The summed E-state index contributed by atoms with van der Waals surface area (Å²) in [5.74, 6) is -2.01. The summed E-state index contributed by atoms with van der Waals surface area (Å²) in [7, 11) is 0. The minimum Gasteiger partial charge on any atom is -0.301 e. The lowest BCUT2D eigenvalue weighted by atomic mass is 9.87. The molecule has 3 atom stereocenters. The van der Waals surface area contributed by atoms with Gasteiger partial charge in [0.15, 0.2) is 5.82 Å². The van der Waals surface area contributed by atoms with Gasteiger partial charge in [-0.25, -0.2) is 13.5 Å². The molecular weight excluding hydrogens is 348 g/mol. The summed E-state index contributed by atoms with van der Waals surface area (Å²) in [5, 5.41) is 16.4. The molecule has 27 heavy (non-hydrogen) atoms. The third kappa shape index (κ3) is 1.99. The van der Waals surface area contributed by atoms with Crippen molar-refractivity contribution in [2.24, 2.45) is 23.2 Å². The predicted octanol–water partition coefficient (Wildman–Crippen LogP) is 4.04. The van der Waals surface area contributed by atoms with Crippen molar-refractivity contribution in [3.8, 4) is 0 Å². The van der Waals surface area contributed by atoms with Gasteiger partial charge in [-0.15, -0.1) is 5.10 Å². The highest BCUT2D eigenvalue weighted by molar-refractivity contribution is 5.36. The van der Waals surface area contributed by atoms with Gasteiger partial charge in [-0.1, -0.05) is 26.2 Å². The average Bonchev–Trinajstić information content (AvgIpc) is 3.15. The van der Waals surface area contributed by atoms with E-state index in [2.05, 4.69) is 27.8 Å². The van der Waals surface area contributed by atoms with Crippen LogP contribution in [-0.2, 0) is 0 Å². The molecular formula is C20H29F2N5. The summed E-state index contributed by atoms with van der Waals surface area (Å²) in [5.41, 5.74) is -0.914. The van der Waals surface area contributed by atoms with Gasteiger partial charge in [0.05, 0.1) is 17.5 Å². The Kier molecular flexibility index (Phi) is 3.28. The number of tetrazole rings is 1. The highest BCUT2D eigenvalue weighted by atomic mass is 19.3. The fourth-order valence-electron chi connectivity index (χ4n) is 7.35. The number of nitrogens with zero attached hydrogens (tertiary/aromatic N) is 4. The van der Waals surface area contributed by atoms with Crippen LogP contribution in [0.1, 0.15) is 89.0 Å². The van der Waals surface area contributed by atoms with Crippen molar-refractivity contribution < 1.29 is 8.78 Å². The molecule has 7 rings (SSSR count). The first kappa shape index (κ1) is 16.8. The van der Waals surface area contributed by atoms with Gasteiger partial charge in [-0.05, 0) is 67.2 Å². The van der Waals surface area contributed by atoms with E-state index < -0.39 is 23.3 Å². The Balaban J connectivity index is 1.42. The van der Waals surface area contributed by atoms with Crippen LogP contribution in [0.4, 0.5) is 8.78 Å². The van der Waals surface area contributed by atoms with Crippen LogP contribution in [0.2, 0.25) is 0 Å². The van der Waals surface area contributed by atoms with E-state index in [4.69, 9.17) is 0 Å². The first-order valence-electron chi connectivity index (χ1n) is 11.0. The summed E-state index contributed by atoms with van der Waals surface area (Å²) < 4.78 is 32.9. The second-order valence-electron chi connectivity index (χ2n) is 9.96. The third-order valence-corrected chi connectivity index (χ3v) is 8.73. The zero-order chi connectivity index (χ0) is 18.4. The van der Waals surface area contributed by atoms with E-state index in [9.17, 15) is 0 Å². The summed E-state index contributed by atoms with van der Waals surface area (Å²) in [6.45, 7) is 2.18. The third-order valence-electron chi connectivity index (χ3n) is 8.73. The fourth-order valence-corrected chi connectivity index (χ4v) is 7.35. The SMILES string of the molecule is CCCC1(NC(c2nnnn2C2CCCC2)C23C4CC(CC42)C3(F)F)CC1. The van der Waals surface area contributed by atoms with Gasteiger partial charge in [-0.2, -0.15) is 0 Å². The van der Waals surface area contributed by atoms with Crippen LogP contribution in [0, 0.1) is 23.2 Å². The minimum absolute atomic E-state index is 0.0246. The zero-order valence-corrected chi connectivity index (χ0v) is 16.0. The van der Waals surface area contributed by atoms with Gasteiger partial charge in [0, 0.05) is 11.5 Å². The van der Waals surface area contributed by atoms with Gasteiger partial charge in [0.25, 0.3) is 5.92 Å². The molecule has 7 heteroatoms. The van der Waals surface area contributed by atoms with Gasteiger partial charge >= 0.3 is 0 Å². The van der Waals surface area contributed by atoms with E-state index in [0.29, 0.717) is 18.7 Å². The summed E-state index contributed by atoms with van der Waals surface area (Å²) in [6.07, 6.45) is 10.2. The van der Waals surface area contributed by atoms with Crippen molar-refractivity contribution in [1.29, 1.82) is 0 Å². The first-order chi connectivity index (χ1) is 13.0. The first-order valence-corrected chi connectivity index (χ1v) is 11.0. The van der Waals surface area contributed by atoms with Crippen molar-refractivity contribution in [3.63, 3.8) is 0 Å². The van der Waals surface area contributed by atoms with E-state index >= 15 is 8.78 Å². The van der Waals surface area contributed by atoms with Crippen LogP contribution < -0.4 is 5.32 Å². The largest absolute Gasteiger partial charge is 0.301 e. The predicted molar refractivity (Wildman–Crippen MR) is 95.2 cm³/mol. The number of nitrogens with one attached hydrogen (secondary N) is 1. The number of hydrogen-bond donors (Lipinski definition) is 1. The highest BCUT2D eigenvalue weighted by Crippen LogP contribution is 2.88. The van der Waals surface area contributed by atoms with Crippen molar-refractivity contribution in [1.82, 2.24) is 25.5 Å². The minimum atomic E-state index is -2.59. The molecule has 1 aromatic heterocycles. The second-order valence-corrected chi connectivity index (χ2v) is 9.96. The molecule has 148 valence electrons. The molecule has 0 saturated heterocycles. The Labute approximate surface area is 158 Å². The molecule has 1 N–H and O–H groups in total. The van der Waals surface area contributed by atoms with Crippen molar-refractivity contribution in [2.75, 3.05) is 0 Å². The Hall–Kier alpha value is -1.11. The molecule has 1 aromatic rings. The van der Waals surface area contributed by atoms with E-state index in [1.807, 2.05) is 4.68 Å². The molecule has 6 fully saturated rings. The zero-order valence-electron chi connectivity index (χ0n) is 16.0. The number of rotatable bonds is 7. The lowest BCUT2D eigenvalue weighted by Crippen LogP contribution is -2.47. The van der Waals surface area contributed by atoms with E-state index in [1.165, 1.54) is 12.8 Å². The smallest absolute Gasteiger partial charge is 0.258 e. The molecule has 0 radical (unpaired) electrons. The van der Waals surface area contributed by atoms with Crippen molar-refractivity contribution in [3.05, 3.63) is 5.82 Å². The molecule has 0 spiro atoms. The number of aromatic nitrogens is 4. The molecule has 6 saturated carbocycles. The number of halogens is 2. The standard InChI is InChI=1S/C20H29F2N5/c1-2-7-18(8-9-18)23-16(17-24-25-26-27(17)13-5-3-4-6-13)19-14-10-12(11-15(14)19)20(19,21)22/h12-16,23H,2-11H2,1H3. The summed E-state index contributed by atoms with van der Waals surface area (Å²) in [6, 6.07) is -0.126. The van der Waals surface area contributed by atoms with Crippen LogP contribution >= 0.6 is 0 Å². The van der Waals surface area contributed by atoms with Crippen LogP contribution in [0.3, 0.4) is 0 Å². The maximum Gasteiger partial charge on any atom is 0.258 e. The molecule has 0 aliphatic heterocycles. The number of alkyl halides is 2. The van der Waals surface area contributed by atoms with Crippen LogP contribution in [0.5, 0.6) is 0 Å². The van der Waals surface area contributed by atoms with Gasteiger partial charge in [0.2, 0.25) is 0 Å². The van der Waals surface area contributed by atoms with Crippen LogP contribution in [0.15, 0.2) is 0 Å². The summed E-state index contributed by atoms with van der Waals surface area (Å²) in [4.78, 5) is 0. The van der Waals surface area contributed by atoms with Gasteiger partial charge in [0.1, 0.15) is 0 Å². The van der Waals surface area contributed by atoms with Crippen molar-refractivity contribution in [2.45, 2.75) is 94.7 Å². The molecule has 3 unspecified atom stereocenters. The quantitative estimate of drug-likeness (QED) is 0.779. The molecule has 4 bridgehead atoms. The molecule has 0 amide bonds. The highest BCUT2D eigenvalue weighted by Gasteiger charge is 2.91. The van der Waals surface area contributed by atoms with Gasteiger partial charge in [-0.3, -0.25) is 0 Å². The van der Waals surface area contributed by atoms with Crippen LogP contribution in [-0.4, -0.2) is 31.7 Å². The molecule has 0 aromatic carbocycles. The van der Waals surface area contributed by atoms with E-state index in [0.717, 1.165) is 38.5 Å². The Morgan fingerprint density at radius 3 is 2.44 bits per heavy atom. The Morgan fingerprint density at radius 2 is 1.89 bits per heavy atom. The Morgan fingerprint density at radius 1 is 1.19 bits per heavy atom. The summed E-state index contributed by atoms with van der Waals surface area (Å²) >= 11 is 0. The van der Waals surface area contributed by atoms with E-state index in [-0.39, 0.29) is 23.4 Å². The maximum absolute atomic E-state index is 15.5. The molecule has 5 nitrogen and oxygen atoms in total. The molecule has 6 aliphatic rings. The van der Waals surface area contributed by atoms with Crippen LogP contribution in [0.25, 0.3) is 0 Å². The Bertz CT molecular complexity index is 739. The van der Waals surface area contributed by atoms with E-state index in [1.54, 1.807) is 0 Å². The molecule has 1 heterocycles. The topological polar surface area (TPSA) is 55.6 Å². The lowest BCUT2D eigenvalue weighted by molar-refractivity contribution is -0.0950. The monoisotopic (exact) mass is 377 g/mol. The average molecular weight is 377 g/mol. The molecule has 6 aliphatic carbocycles. The second kappa shape index (κ2) is 5.28. The lowest BCUT2D eigenvalue weighted by Gasteiger charge is -2.35.